The van der Waals surface area contributed by atoms with E-state index in [1.807, 2.05) is 30.3 Å². The smallest absolute Gasteiger partial charge is 0.331 e. The van der Waals surface area contributed by atoms with Crippen molar-refractivity contribution < 1.29 is 19.8 Å². The van der Waals surface area contributed by atoms with E-state index in [1.54, 1.807) is 0 Å². The molecular formula is C29H36O4. The zero-order chi connectivity index (χ0) is 23.4. The molecule has 0 aliphatic heterocycles. The lowest BCUT2D eigenvalue weighted by atomic mass is 9.47. The normalized spacial score (nSPS) is 37.3. The topological polar surface area (TPSA) is 74.6 Å². The van der Waals surface area contributed by atoms with Crippen molar-refractivity contribution in [3.63, 3.8) is 0 Å². The molecule has 0 bridgehead atoms. The number of aliphatic carboxylic acids is 1. The SMILES string of the molecule is C[C@]12CC[C@H]3[C@@H](CC=C4C=C(C(=O)O)CC[C@@]43C)[C@@H]1CC[C@@H]2C(=O)c1ccccc1CCO. The van der Waals surface area contributed by atoms with Gasteiger partial charge >= 0.3 is 5.97 Å². The number of fused-ring (bicyclic) bond motifs is 5. The highest BCUT2D eigenvalue weighted by Crippen LogP contribution is 2.66. The van der Waals surface area contributed by atoms with Crippen molar-refractivity contribution in [3.05, 3.63) is 58.7 Å². The number of carbonyl (C=O) groups is 2. The second-order valence-electron chi connectivity index (χ2n) is 11.3. The molecule has 5 rings (SSSR count). The Bertz CT molecular complexity index is 1040. The maximum Gasteiger partial charge on any atom is 0.331 e. The van der Waals surface area contributed by atoms with Gasteiger partial charge in [0.1, 0.15) is 0 Å². The summed E-state index contributed by atoms with van der Waals surface area (Å²) in [7, 11) is 0. The molecule has 0 aromatic heterocycles. The molecule has 0 amide bonds. The van der Waals surface area contributed by atoms with E-state index in [9.17, 15) is 19.8 Å². The Morgan fingerprint density at radius 3 is 2.61 bits per heavy atom. The van der Waals surface area contributed by atoms with Crippen LogP contribution in [0.2, 0.25) is 0 Å². The van der Waals surface area contributed by atoms with Crippen molar-refractivity contribution in [2.24, 2.45) is 34.5 Å². The van der Waals surface area contributed by atoms with Crippen LogP contribution in [0.3, 0.4) is 0 Å². The Morgan fingerprint density at radius 2 is 1.85 bits per heavy atom. The van der Waals surface area contributed by atoms with E-state index >= 15 is 0 Å². The number of ketones is 1. The summed E-state index contributed by atoms with van der Waals surface area (Å²) >= 11 is 0. The zero-order valence-electron chi connectivity index (χ0n) is 19.8. The third-order valence-electron chi connectivity index (χ3n) is 10.0. The standard InChI is InChI=1S/C29H36O4/c1-28-14-11-19(27(32)33)17-20(28)7-8-22-23-9-10-25(29(23,2)15-12-24(22)28)26(31)21-6-4-3-5-18(21)13-16-30/h3-7,17,22-25,30H,8-16H2,1-2H3,(H,32,33)/t22-,23-,24-,25+,28-,29-/m0/s1. The van der Waals surface area contributed by atoms with Gasteiger partial charge in [-0.25, -0.2) is 4.79 Å². The van der Waals surface area contributed by atoms with Gasteiger partial charge in [0.05, 0.1) is 0 Å². The minimum atomic E-state index is -0.782. The lowest BCUT2D eigenvalue weighted by Crippen LogP contribution is -2.50. The Kier molecular flexibility index (Phi) is 5.63. The van der Waals surface area contributed by atoms with Gasteiger partial charge in [0.25, 0.3) is 0 Å². The summed E-state index contributed by atoms with van der Waals surface area (Å²) in [4.78, 5) is 25.3. The minimum absolute atomic E-state index is 0.0169. The molecule has 1 aromatic rings. The fourth-order valence-electron chi connectivity index (χ4n) is 8.21. The third kappa shape index (κ3) is 3.44. The summed E-state index contributed by atoms with van der Waals surface area (Å²) in [6.45, 7) is 4.78. The van der Waals surface area contributed by atoms with Crippen molar-refractivity contribution in [3.8, 4) is 0 Å². The van der Waals surface area contributed by atoms with Crippen LogP contribution in [0.1, 0.15) is 74.7 Å². The van der Waals surface area contributed by atoms with Crippen LogP contribution in [0.25, 0.3) is 0 Å². The molecule has 4 nitrogen and oxygen atoms in total. The second kappa shape index (κ2) is 8.23. The number of rotatable bonds is 5. The number of carbonyl (C=O) groups excluding carboxylic acids is 1. The van der Waals surface area contributed by atoms with Crippen LogP contribution in [0.4, 0.5) is 0 Å². The highest BCUT2D eigenvalue weighted by Gasteiger charge is 2.59. The Morgan fingerprint density at radius 1 is 1.06 bits per heavy atom. The lowest BCUT2D eigenvalue weighted by Gasteiger charge is -2.57. The van der Waals surface area contributed by atoms with E-state index in [1.165, 1.54) is 5.57 Å². The van der Waals surface area contributed by atoms with Crippen LogP contribution in [-0.2, 0) is 11.2 Å². The number of carboxylic acid groups (broad SMARTS) is 1. The molecule has 176 valence electrons. The van der Waals surface area contributed by atoms with Crippen molar-refractivity contribution in [2.75, 3.05) is 6.61 Å². The molecule has 0 heterocycles. The number of hydrogen-bond donors (Lipinski definition) is 2. The van der Waals surface area contributed by atoms with Crippen molar-refractivity contribution in [2.45, 2.75) is 65.2 Å². The fourth-order valence-corrected chi connectivity index (χ4v) is 8.21. The molecular weight excluding hydrogens is 412 g/mol. The van der Waals surface area contributed by atoms with Crippen molar-refractivity contribution in [1.82, 2.24) is 0 Å². The van der Waals surface area contributed by atoms with Crippen LogP contribution in [0.15, 0.2) is 47.6 Å². The van der Waals surface area contributed by atoms with Gasteiger partial charge in [-0.05, 0) is 97.2 Å². The molecule has 2 fully saturated rings. The summed E-state index contributed by atoms with van der Waals surface area (Å²) in [6, 6.07) is 7.81. The van der Waals surface area contributed by atoms with Crippen LogP contribution in [-0.4, -0.2) is 28.6 Å². The maximum absolute atomic E-state index is 13.8. The molecule has 33 heavy (non-hydrogen) atoms. The number of Topliss-reactive ketones (excluding diaryl/α,β-unsaturated/α-hetero) is 1. The van der Waals surface area contributed by atoms with Gasteiger partial charge in [0.15, 0.2) is 5.78 Å². The first-order valence-electron chi connectivity index (χ1n) is 12.7. The van der Waals surface area contributed by atoms with E-state index in [-0.39, 0.29) is 29.1 Å². The number of aliphatic hydroxyl groups excluding tert-OH is 1. The average Bonchev–Trinajstić information content (AvgIpc) is 3.15. The molecule has 2 saturated carbocycles. The van der Waals surface area contributed by atoms with E-state index in [4.69, 9.17) is 0 Å². The third-order valence-corrected chi connectivity index (χ3v) is 10.0. The molecule has 0 saturated heterocycles. The largest absolute Gasteiger partial charge is 0.478 e. The fraction of sp³-hybridized carbons (Fsp3) is 0.586. The molecule has 4 heteroatoms. The molecule has 2 N–H and O–H groups in total. The van der Waals surface area contributed by atoms with Gasteiger partial charge in [-0.3, -0.25) is 4.79 Å². The lowest BCUT2D eigenvalue weighted by molar-refractivity contribution is -0.133. The van der Waals surface area contributed by atoms with Crippen molar-refractivity contribution in [1.29, 1.82) is 0 Å². The number of aliphatic hydroxyl groups is 1. The molecule has 0 radical (unpaired) electrons. The van der Waals surface area contributed by atoms with Crippen LogP contribution >= 0.6 is 0 Å². The second-order valence-corrected chi connectivity index (χ2v) is 11.3. The van der Waals surface area contributed by atoms with Gasteiger partial charge < -0.3 is 10.2 Å². The van der Waals surface area contributed by atoms with E-state index in [0.29, 0.717) is 36.2 Å². The molecule has 6 atom stereocenters. The molecule has 0 spiro atoms. The first-order chi connectivity index (χ1) is 15.8. The van der Waals surface area contributed by atoms with Gasteiger partial charge in [0.2, 0.25) is 0 Å². The van der Waals surface area contributed by atoms with E-state index in [2.05, 4.69) is 19.9 Å². The van der Waals surface area contributed by atoms with Crippen LogP contribution < -0.4 is 0 Å². The van der Waals surface area contributed by atoms with Gasteiger partial charge in [-0.1, -0.05) is 44.2 Å². The molecule has 4 aliphatic rings. The number of benzene rings is 1. The monoisotopic (exact) mass is 448 g/mol. The van der Waals surface area contributed by atoms with Crippen molar-refractivity contribution >= 4 is 11.8 Å². The Labute approximate surface area is 196 Å². The van der Waals surface area contributed by atoms with Gasteiger partial charge in [0, 0.05) is 23.7 Å². The predicted octanol–water partition coefficient (Wildman–Crippen LogP) is 5.60. The highest BCUT2D eigenvalue weighted by atomic mass is 16.4. The summed E-state index contributed by atoms with van der Waals surface area (Å²) in [6.07, 6.45) is 11.6. The van der Waals surface area contributed by atoms with Gasteiger partial charge in [-0.15, -0.1) is 0 Å². The Balaban J connectivity index is 1.43. The summed E-state index contributed by atoms with van der Waals surface area (Å²) < 4.78 is 0. The number of hydrogen-bond acceptors (Lipinski definition) is 3. The van der Waals surface area contributed by atoms with Crippen LogP contribution in [0.5, 0.6) is 0 Å². The zero-order valence-corrected chi connectivity index (χ0v) is 19.8. The minimum Gasteiger partial charge on any atom is -0.478 e. The molecule has 1 aromatic carbocycles. The Hall–Kier alpha value is -2.20. The first-order valence-corrected chi connectivity index (χ1v) is 12.7. The maximum atomic E-state index is 13.8. The number of allylic oxidation sites excluding steroid dienone is 3. The summed E-state index contributed by atoms with van der Waals surface area (Å²) in [5.74, 6) is 1.21. The summed E-state index contributed by atoms with van der Waals surface area (Å²) in [5.41, 5.74) is 3.62. The highest BCUT2D eigenvalue weighted by molar-refractivity contribution is 6.00. The summed E-state index contributed by atoms with van der Waals surface area (Å²) in [5, 5.41) is 19.0. The first kappa shape index (κ1) is 22.6. The molecule has 4 aliphatic carbocycles. The quantitative estimate of drug-likeness (QED) is 0.575. The predicted molar refractivity (Wildman–Crippen MR) is 128 cm³/mol. The molecule has 0 unspecified atom stereocenters. The van der Waals surface area contributed by atoms with Crippen LogP contribution in [0, 0.1) is 34.5 Å². The number of carboxylic acids is 1. The van der Waals surface area contributed by atoms with E-state index in [0.717, 1.165) is 49.7 Å². The van der Waals surface area contributed by atoms with E-state index < -0.39 is 5.97 Å². The van der Waals surface area contributed by atoms with Gasteiger partial charge in [-0.2, -0.15) is 0 Å². The average molecular weight is 449 g/mol.